The molecule has 1 heterocycles. The van der Waals surface area contributed by atoms with Crippen LogP contribution in [0.1, 0.15) is 24.7 Å². The van der Waals surface area contributed by atoms with Gasteiger partial charge in [0.15, 0.2) is 0 Å². The number of aromatic nitrogens is 2. The second-order valence-corrected chi connectivity index (χ2v) is 4.74. The van der Waals surface area contributed by atoms with E-state index in [0.717, 1.165) is 24.2 Å². The Labute approximate surface area is 119 Å². The zero-order valence-corrected chi connectivity index (χ0v) is 12.1. The first-order valence-corrected chi connectivity index (χ1v) is 7.15. The fraction of sp³-hybridized carbons (Fsp3) is 0.308. The molecule has 0 saturated heterocycles. The van der Waals surface area contributed by atoms with Crippen LogP contribution in [0.4, 0.5) is 5.69 Å². The van der Waals surface area contributed by atoms with E-state index in [2.05, 4.69) is 27.8 Å². The lowest BCUT2D eigenvalue weighted by Crippen LogP contribution is -2.04. The van der Waals surface area contributed by atoms with Gasteiger partial charge in [-0.15, -0.1) is 0 Å². The van der Waals surface area contributed by atoms with Gasteiger partial charge in [-0.05, 0) is 18.1 Å². The number of imidazole rings is 1. The molecule has 0 aliphatic carbocycles. The highest BCUT2D eigenvalue weighted by Crippen LogP contribution is 2.26. The highest BCUT2D eigenvalue weighted by atomic mass is 79.9. The number of nitro benzene ring substituents is 1. The molecular weight excluding hydrogens is 310 g/mol. The van der Waals surface area contributed by atoms with E-state index >= 15 is 0 Å². The fourth-order valence-electron chi connectivity index (χ4n) is 1.96. The zero-order valence-electron chi connectivity index (χ0n) is 10.5. The number of benzene rings is 1. The van der Waals surface area contributed by atoms with E-state index in [0.29, 0.717) is 11.0 Å². The summed E-state index contributed by atoms with van der Waals surface area (Å²) in [5, 5.41) is 11.8. The second-order valence-electron chi connectivity index (χ2n) is 4.18. The number of rotatable bonds is 5. The van der Waals surface area contributed by atoms with Crippen molar-refractivity contribution in [2.45, 2.75) is 25.1 Å². The average molecular weight is 324 g/mol. The molecule has 6 heteroatoms. The molecule has 1 aromatic carbocycles. The van der Waals surface area contributed by atoms with Crippen molar-refractivity contribution in [1.82, 2.24) is 9.55 Å². The van der Waals surface area contributed by atoms with E-state index < -0.39 is 0 Å². The molecule has 19 heavy (non-hydrogen) atoms. The molecule has 0 aliphatic heterocycles. The van der Waals surface area contributed by atoms with Crippen LogP contribution in [0.15, 0.2) is 30.6 Å². The van der Waals surface area contributed by atoms with Crippen LogP contribution < -0.4 is 0 Å². The molecule has 2 aromatic rings. The Morgan fingerprint density at radius 1 is 1.47 bits per heavy atom. The summed E-state index contributed by atoms with van der Waals surface area (Å²) in [5.41, 5.74) is 1.55. The quantitative estimate of drug-likeness (QED) is 0.479. The van der Waals surface area contributed by atoms with E-state index in [1.54, 1.807) is 29.1 Å². The Balaban J connectivity index is 2.54. The minimum atomic E-state index is -0.350. The van der Waals surface area contributed by atoms with Crippen LogP contribution in [0.3, 0.4) is 0 Å². The minimum absolute atomic E-state index is 0.104. The monoisotopic (exact) mass is 323 g/mol. The van der Waals surface area contributed by atoms with Gasteiger partial charge in [0.1, 0.15) is 11.5 Å². The molecule has 0 aliphatic rings. The molecule has 0 amide bonds. The molecular formula is C13H14BrN3O2. The molecule has 0 fully saturated rings. The van der Waals surface area contributed by atoms with Crippen LogP contribution in [0.5, 0.6) is 0 Å². The number of nitro groups is 1. The maximum atomic E-state index is 11.2. The van der Waals surface area contributed by atoms with Crippen molar-refractivity contribution >= 4 is 21.6 Å². The van der Waals surface area contributed by atoms with E-state index in [-0.39, 0.29) is 10.6 Å². The zero-order chi connectivity index (χ0) is 13.8. The van der Waals surface area contributed by atoms with Crippen LogP contribution in [0.2, 0.25) is 0 Å². The molecule has 0 radical (unpaired) electrons. The van der Waals surface area contributed by atoms with E-state index in [9.17, 15) is 10.1 Å². The third-order valence-electron chi connectivity index (χ3n) is 2.84. The number of hydrogen-bond donors (Lipinski definition) is 0. The van der Waals surface area contributed by atoms with Crippen molar-refractivity contribution in [3.8, 4) is 5.69 Å². The summed E-state index contributed by atoms with van der Waals surface area (Å²) in [7, 11) is 0. The van der Waals surface area contributed by atoms with Gasteiger partial charge in [0.05, 0.1) is 4.92 Å². The van der Waals surface area contributed by atoms with E-state index in [1.807, 2.05) is 6.07 Å². The Bertz CT molecular complexity index is 595. The molecule has 2 rings (SSSR count). The highest BCUT2D eigenvalue weighted by molar-refractivity contribution is 9.08. The Hall–Kier alpha value is -1.69. The maximum Gasteiger partial charge on any atom is 0.293 e. The minimum Gasteiger partial charge on any atom is -0.298 e. The fourth-order valence-corrected chi connectivity index (χ4v) is 2.31. The lowest BCUT2D eigenvalue weighted by molar-refractivity contribution is -0.384. The Kier molecular flexibility index (Phi) is 4.31. The molecule has 1 aromatic heterocycles. The first kappa shape index (κ1) is 13.7. The summed E-state index contributed by atoms with van der Waals surface area (Å²) in [6, 6.07) is 5.25. The Morgan fingerprint density at radius 2 is 2.26 bits per heavy atom. The number of aryl methyl sites for hydroxylation is 1. The second kappa shape index (κ2) is 5.97. The van der Waals surface area contributed by atoms with Gasteiger partial charge in [0.25, 0.3) is 5.69 Å². The predicted molar refractivity (Wildman–Crippen MR) is 76.8 cm³/mol. The van der Waals surface area contributed by atoms with Crippen molar-refractivity contribution in [1.29, 1.82) is 0 Å². The molecule has 100 valence electrons. The number of halogens is 1. The molecule has 0 N–H and O–H groups in total. The maximum absolute atomic E-state index is 11.2. The largest absolute Gasteiger partial charge is 0.298 e. The highest BCUT2D eigenvalue weighted by Gasteiger charge is 2.17. The third kappa shape index (κ3) is 2.84. The van der Waals surface area contributed by atoms with Crippen molar-refractivity contribution < 1.29 is 4.92 Å². The van der Waals surface area contributed by atoms with Crippen LogP contribution >= 0.6 is 15.9 Å². The first-order valence-electron chi connectivity index (χ1n) is 6.03. The summed E-state index contributed by atoms with van der Waals surface area (Å²) in [6.07, 6.45) is 5.18. The normalized spacial score (nSPS) is 10.6. The van der Waals surface area contributed by atoms with Crippen LogP contribution in [0.25, 0.3) is 5.69 Å². The Morgan fingerprint density at radius 3 is 2.89 bits per heavy atom. The van der Waals surface area contributed by atoms with Gasteiger partial charge in [-0.1, -0.05) is 28.9 Å². The lowest BCUT2D eigenvalue weighted by atomic mass is 10.2. The molecule has 0 unspecified atom stereocenters. The van der Waals surface area contributed by atoms with Crippen molar-refractivity contribution in [2.75, 3.05) is 0 Å². The van der Waals surface area contributed by atoms with Crippen molar-refractivity contribution in [3.05, 3.63) is 52.1 Å². The molecule has 0 spiro atoms. The molecule has 0 bridgehead atoms. The summed E-state index contributed by atoms with van der Waals surface area (Å²) >= 11 is 3.31. The molecule has 5 nitrogen and oxygen atoms in total. The standard InChI is InChI=1S/C13H14BrN3O2/c1-2-3-13-15-6-7-16(13)11-5-4-10(9-14)8-12(11)17(18)19/h4-8H,2-3,9H2,1H3. The van der Waals surface area contributed by atoms with Crippen LogP contribution in [-0.4, -0.2) is 14.5 Å². The van der Waals surface area contributed by atoms with Gasteiger partial charge in [-0.2, -0.15) is 0 Å². The van der Waals surface area contributed by atoms with Crippen molar-refractivity contribution in [2.24, 2.45) is 0 Å². The van der Waals surface area contributed by atoms with Gasteiger partial charge in [0.2, 0.25) is 0 Å². The summed E-state index contributed by atoms with van der Waals surface area (Å²) in [4.78, 5) is 15.1. The van der Waals surface area contributed by atoms with Gasteiger partial charge in [-0.25, -0.2) is 4.98 Å². The van der Waals surface area contributed by atoms with E-state index in [4.69, 9.17) is 0 Å². The van der Waals surface area contributed by atoms with E-state index in [1.165, 1.54) is 0 Å². The predicted octanol–water partition coefficient (Wildman–Crippen LogP) is 3.63. The smallest absolute Gasteiger partial charge is 0.293 e. The third-order valence-corrected chi connectivity index (χ3v) is 3.49. The van der Waals surface area contributed by atoms with Gasteiger partial charge in [0, 0.05) is 30.2 Å². The first-order chi connectivity index (χ1) is 9.17. The van der Waals surface area contributed by atoms with Gasteiger partial charge in [-0.3, -0.25) is 14.7 Å². The number of alkyl halides is 1. The average Bonchev–Trinajstić information content (AvgIpc) is 2.86. The molecule has 0 saturated carbocycles. The lowest BCUT2D eigenvalue weighted by Gasteiger charge is -2.08. The number of nitrogens with zero attached hydrogens (tertiary/aromatic N) is 3. The summed E-state index contributed by atoms with van der Waals surface area (Å²) in [5.74, 6) is 0.845. The van der Waals surface area contributed by atoms with Gasteiger partial charge >= 0.3 is 0 Å². The van der Waals surface area contributed by atoms with Crippen molar-refractivity contribution in [3.63, 3.8) is 0 Å². The van der Waals surface area contributed by atoms with Gasteiger partial charge < -0.3 is 0 Å². The number of hydrogen-bond acceptors (Lipinski definition) is 3. The van der Waals surface area contributed by atoms with Crippen LogP contribution in [-0.2, 0) is 11.8 Å². The summed E-state index contributed by atoms with van der Waals surface area (Å²) in [6.45, 7) is 2.06. The molecule has 0 atom stereocenters. The topological polar surface area (TPSA) is 61.0 Å². The van der Waals surface area contributed by atoms with Crippen LogP contribution in [0, 0.1) is 10.1 Å². The summed E-state index contributed by atoms with van der Waals surface area (Å²) < 4.78 is 1.79. The SMILES string of the molecule is CCCc1nccn1-c1ccc(CBr)cc1[N+](=O)[O-].